The van der Waals surface area contributed by atoms with Crippen LogP contribution in [0, 0.1) is 0 Å². The Labute approximate surface area is 544 Å². The van der Waals surface area contributed by atoms with Gasteiger partial charge >= 0.3 is 47.8 Å². The van der Waals surface area contributed by atoms with Crippen molar-refractivity contribution in [3.8, 4) is 23.0 Å². The van der Waals surface area contributed by atoms with Gasteiger partial charge in [0.1, 0.15) is 23.0 Å². The number of rotatable bonds is 40. The number of para-hydroxylation sites is 4. The summed E-state index contributed by atoms with van der Waals surface area (Å²) in [5.74, 6) is -6.35. The Morgan fingerprint density at radius 2 is 0.427 bits per heavy atom. The molecule has 0 aliphatic heterocycles. The van der Waals surface area contributed by atoms with Crippen molar-refractivity contribution in [2.45, 2.75) is 207 Å². The number of hydrogen-bond donors (Lipinski definition) is 0. The van der Waals surface area contributed by atoms with Crippen LogP contribution in [0.15, 0.2) is 168 Å². The first kappa shape index (κ1) is 81.4. The van der Waals surface area contributed by atoms with E-state index < -0.39 is 47.8 Å². The quantitative estimate of drug-likeness (QED) is 0.0132. The van der Waals surface area contributed by atoms with Gasteiger partial charge in [-0.3, -0.25) is 0 Å². The van der Waals surface area contributed by atoms with Crippen LogP contribution < -0.4 is 39.4 Å². The minimum atomic E-state index is -1.37. The standard InChI is InChI=1S/4C18H24O4.Sn/c4*1-2-3-4-5-6-8-11-15(14-17(19)20)18(21)22-16-12-9-7-10-13-16;/h4*7,9-10,12-14H,2-6,8,11H2,1H3,(H,19,20);/q;;;;+4/p-4/b4*15-14-;. The Hall–Kier alpha value is -7.60. The minimum Gasteiger partial charge on any atom is -0.545 e. The Morgan fingerprint density at radius 3 is 0.584 bits per heavy atom. The van der Waals surface area contributed by atoms with E-state index in [4.69, 9.17) is 18.9 Å². The van der Waals surface area contributed by atoms with Gasteiger partial charge in [0.25, 0.3) is 0 Å². The number of benzene rings is 4. The molecular formula is C72H92O16Sn. The number of aliphatic carboxylic acids is 4. The van der Waals surface area contributed by atoms with Gasteiger partial charge in [0, 0.05) is 22.3 Å². The molecule has 16 nitrogen and oxygen atoms in total. The molecule has 4 aromatic rings. The average molecular weight is 1330 g/mol. The normalized spacial score (nSPS) is 11.1. The van der Waals surface area contributed by atoms with Crippen molar-refractivity contribution >= 4 is 71.7 Å². The summed E-state index contributed by atoms with van der Waals surface area (Å²) in [6, 6.07) is 34.4. The molecule has 0 aromatic heterocycles. The van der Waals surface area contributed by atoms with Crippen molar-refractivity contribution in [1.29, 1.82) is 0 Å². The zero-order valence-corrected chi connectivity index (χ0v) is 55.5. The van der Waals surface area contributed by atoms with E-state index in [0.717, 1.165) is 101 Å². The van der Waals surface area contributed by atoms with Crippen LogP contribution in [0.25, 0.3) is 0 Å². The van der Waals surface area contributed by atoms with Crippen molar-refractivity contribution in [1.82, 2.24) is 0 Å². The van der Waals surface area contributed by atoms with Gasteiger partial charge < -0.3 is 58.6 Å². The summed E-state index contributed by atoms with van der Waals surface area (Å²) in [6.45, 7) is 8.61. The van der Waals surface area contributed by atoms with Gasteiger partial charge in [-0.2, -0.15) is 0 Å². The number of carboxylic acids is 4. The summed E-state index contributed by atoms with van der Waals surface area (Å²) in [5.41, 5.74) is 0.609. The molecule has 0 bridgehead atoms. The summed E-state index contributed by atoms with van der Waals surface area (Å²) >= 11 is 0. The molecule has 0 unspecified atom stereocenters. The molecule has 0 N–H and O–H groups in total. The van der Waals surface area contributed by atoms with Gasteiger partial charge in [0.15, 0.2) is 0 Å². The molecule has 0 aliphatic rings. The fourth-order valence-corrected chi connectivity index (χ4v) is 8.53. The number of esters is 4. The van der Waals surface area contributed by atoms with Crippen LogP contribution in [-0.4, -0.2) is 71.7 Å². The molecule has 4 rings (SSSR count). The molecule has 0 fully saturated rings. The van der Waals surface area contributed by atoms with Gasteiger partial charge in [0.05, 0.1) is 23.9 Å². The maximum Gasteiger partial charge on any atom is 4.00 e. The summed E-state index contributed by atoms with van der Waals surface area (Å²) in [7, 11) is 0. The van der Waals surface area contributed by atoms with Crippen LogP contribution in [0.4, 0.5) is 0 Å². The molecule has 17 heteroatoms. The van der Waals surface area contributed by atoms with Crippen LogP contribution in [0.2, 0.25) is 0 Å². The number of carboxylic acid groups (broad SMARTS) is 4. The average Bonchev–Trinajstić information content (AvgIpc) is 3.68. The number of carbonyl (C=O) groups excluding carboxylic acids is 8. The van der Waals surface area contributed by atoms with E-state index in [1.807, 2.05) is 24.3 Å². The van der Waals surface area contributed by atoms with E-state index in [2.05, 4.69) is 27.7 Å². The Kier molecular flexibility index (Phi) is 49.9. The van der Waals surface area contributed by atoms with E-state index in [-0.39, 0.29) is 46.2 Å². The van der Waals surface area contributed by atoms with Crippen molar-refractivity contribution in [2.24, 2.45) is 0 Å². The van der Waals surface area contributed by atoms with Gasteiger partial charge in [0.2, 0.25) is 0 Å². The van der Waals surface area contributed by atoms with E-state index in [1.165, 1.54) is 77.0 Å². The van der Waals surface area contributed by atoms with Gasteiger partial charge in [-0.25, -0.2) is 19.2 Å². The molecule has 89 heavy (non-hydrogen) atoms. The minimum absolute atomic E-state index is 0. The molecule has 0 amide bonds. The van der Waals surface area contributed by atoms with Crippen LogP contribution >= 0.6 is 0 Å². The fraction of sp³-hybridized carbons (Fsp3) is 0.444. The van der Waals surface area contributed by atoms with Gasteiger partial charge in [-0.05, 0) is 124 Å². The van der Waals surface area contributed by atoms with Crippen molar-refractivity contribution < 1.29 is 77.7 Å². The predicted octanol–water partition coefficient (Wildman–Crippen LogP) is 11.7. The summed E-state index contributed by atoms with van der Waals surface area (Å²) in [4.78, 5) is 91.1. The molecule has 480 valence electrons. The van der Waals surface area contributed by atoms with Crippen LogP contribution in [-0.2, 0) is 38.4 Å². The SMILES string of the molecule is CCCCCCCC/C(=C/C(=O)[O-])C(=O)Oc1ccccc1.CCCCCCCC/C(=C/C(=O)[O-])C(=O)Oc1ccccc1.CCCCCCCC/C(=C/C(=O)[O-])C(=O)Oc1ccccc1.CCCCCCCC/C(=C/C(=O)[O-])C(=O)Oc1ccccc1.[Sn+4]. The van der Waals surface area contributed by atoms with E-state index in [0.29, 0.717) is 48.7 Å². The maximum atomic E-state index is 12.0. The largest absolute Gasteiger partial charge is 4.00 e. The molecular weight excluding hydrogens is 1240 g/mol. The third-order valence-corrected chi connectivity index (χ3v) is 13.2. The van der Waals surface area contributed by atoms with Crippen molar-refractivity contribution in [3.05, 3.63) is 168 Å². The second-order valence-corrected chi connectivity index (χ2v) is 20.8. The van der Waals surface area contributed by atoms with Crippen LogP contribution in [0.5, 0.6) is 23.0 Å². The summed E-state index contributed by atoms with van der Waals surface area (Å²) < 4.78 is 20.7. The molecule has 0 heterocycles. The Morgan fingerprint density at radius 1 is 0.270 bits per heavy atom. The second kappa shape index (κ2) is 54.5. The van der Waals surface area contributed by atoms with E-state index in [9.17, 15) is 58.8 Å². The number of carbonyl (C=O) groups is 8. The summed E-state index contributed by atoms with van der Waals surface area (Å²) in [6.07, 6.45) is 30.6. The second-order valence-electron chi connectivity index (χ2n) is 20.8. The number of unbranched alkanes of at least 4 members (excludes halogenated alkanes) is 20. The summed E-state index contributed by atoms with van der Waals surface area (Å²) in [5, 5.41) is 43.0. The zero-order chi connectivity index (χ0) is 64.8. The molecule has 0 saturated heterocycles. The first-order chi connectivity index (χ1) is 42.5. The molecule has 4 aromatic carbocycles. The third-order valence-electron chi connectivity index (χ3n) is 13.2. The van der Waals surface area contributed by atoms with Crippen LogP contribution in [0.3, 0.4) is 0 Å². The van der Waals surface area contributed by atoms with Crippen molar-refractivity contribution in [2.75, 3.05) is 0 Å². The zero-order valence-electron chi connectivity index (χ0n) is 52.7. The molecule has 0 spiro atoms. The third kappa shape index (κ3) is 45.3. The predicted molar refractivity (Wildman–Crippen MR) is 338 cm³/mol. The topological polar surface area (TPSA) is 266 Å². The molecule has 0 saturated carbocycles. The molecule has 0 radical (unpaired) electrons. The van der Waals surface area contributed by atoms with E-state index >= 15 is 0 Å². The van der Waals surface area contributed by atoms with E-state index in [1.54, 1.807) is 97.1 Å². The molecule has 0 atom stereocenters. The van der Waals surface area contributed by atoms with Crippen molar-refractivity contribution in [3.63, 3.8) is 0 Å². The number of ether oxygens (including phenoxy) is 4. The van der Waals surface area contributed by atoms with Gasteiger partial charge in [-0.15, -0.1) is 0 Å². The molecule has 0 aliphatic carbocycles. The van der Waals surface area contributed by atoms with Crippen LogP contribution in [0.1, 0.15) is 207 Å². The monoisotopic (exact) mass is 1330 g/mol. The fourth-order valence-electron chi connectivity index (χ4n) is 8.53. The maximum absolute atomic E-state index is 12.0. The first-order valence-corrected chi connectivity index (χ1v) is 31.3. The Balaban J connectivity index is 0.00000116. The Bertz CT molecular complexity index is 2350. The smallest absolute Gasteiger partial charge is 0.545 e. The number of hydrogen-bond acceptors (Lipinski definition) is 16. The first-order valence-electron chi connectivity index (χ1n) is 31.3. The van der Waals surface area contributed by atoms with Gasteiger partial charge in [-0.1, -0.05) is 229 Å².